The molecular formula is C18H28. The van der Waals surface area contributed by atoms with Crippen molar-refractivity contribution in [3.63, 3.8) is 0 Å². The van der Waals surface area contributed by atoms with Crippen molar-refractivity contribution >= 4 is 0 Å². The predicted octanol–water partition coefficient (Wildman–Crippen LogP) is 5.95. The molecule has 0 aromatic heterocycles. The first-order valence-electron chi connectivity index (χ1n) is 7.42. The minimum atomic E-state index is 0.617. The number of hydrogen-bond donors (Lipinski definition) is 0. The number of allylic oxidation sites excluding steroid dienone is 2. The van der Waals surface area contributed by atoms with Crippen LogP contribution in [0.5, 0.6) is 0 Å². The molecule has 1 unspecified atom stereocenters. The van der Waals surface area contributed by atoms with Gasteiger partial charge in [-0.05, 0) is 30.7 Å². The molecule has 0 saturated carbocycles. The van der Waals surface area contributed by atoms with Gasteiger partial charge in [0.1, 0.15) is 0 Å². The third-order valence-electron chi connectivity index (χ3n) is 3.36. The lowest BCUT2D eigenvalue weighted by molar-refractivity contribution is 0.525. The zero-order chi connectivity index (χ0) is 13.4. The Morgan fingerprint density at radius 1 is 1.11 bits per heavy atom. The first-order chi connectivity index (χ1) is 8.69. The van der Waals surface area contributed by atoms with E-state index in [4.69, 9.17) is 0 Å². The van der Waals surface area contributed by atoms with Crippen molar-refractivity contribution in [1.82, 2.24) is 0 Å². The van der Waals surface area contributed by atoms with Gasteiger partial charge >= 0.3 is 0 Å². The molecule has 0 spiro atoms. The fourth-order valence-corrected chi connectivity index (χ4v) is 2.63. The van der Waals surface area contributed by atoms with Crippen molar-refractivity contribution in [2.24, 2.45) is 5.92 Å². The second-order valence-corrected chi connectivity index (χ2v) is 5.53. The van der Waals surface area contributed by atoms with Crippen molar-refractivity contribution < 1.29 is 0 Å². The zero-order valence-corrected chi connectivity index (χ0v) is 12.4. The smallest absolute Gasteiger partial charge is 0.00505 e. The summed E-state index contributed by atoms with van der Waals surface area (Å²) in [5.74, 6) is 1.36. The van der Waals surface area contributed by atoms with E-state index in [1.165, 1.54) is 24.8 Å². The topological polar surface area (TPSA) is 0 Å². The second-order valence-electron chi connectivity index (χ2n) is 5.53. The SMILES string of the molecule is CC/C=C(\CCC)C(CC(C)C)c1ccccc1. The third kappa shape index (κ3) is 4.68. The molecule has 0 saturated heterocycles. The van der Waals surface area contributed by atoms with E-state index in [1.807, 2.05) is 0 Å². The molecule has 100 valence electrons. The molecule has 1 atom stereocenters. The van der Waals surface area contributed by atoms with Crippen LogP contribution in [0.25, 0.3) is 0 Å². The lowest BCUT2D eigenvalue weighted by atomic mass is 9.82. The van der Waals surface area contributed by atoms with E-state index in [9.17, 15) is 0 Å². The van der Waals surface area contributed by atoms with E-state index in [2.05, 4.69) is 64.1 Å². The molecule has 0 heteroatoms. The highest BCUT2D eigenvalue weighted by molar-refractivity contribution is 5.29. The standard InChI is InChI=1S/C18H28/c1-5-10-16(11-6-2)18(14-15(3)4)17-12-8-7-9-13-17/h7-10,12-13,15,18H,5-6,11,14H2,1-4H3/b16-10+. The molecule has 0 radical (unpaired) electrons. The summed E-state index contributed by atoms with van der Waals surface area (Å²) in [7, 11) is 0. The Balaban J connectivity index is 2.99. The average Bonchev–Trinajstić information content (AvgIpc) is 2.37. The Hall–Kier alpha value is -1.04. The van der Waals surface area contributed by atoms with E-state index >= 15 is 0 Å². The zero-order valence-electron chi connectivity index (χ0n) is 12.4. The fourth-order valence-electron chi connectivity index (χ4n) is 2.63. The predicted molar refractivity (Wildman–Crippen MR) is 81.9 cm³/mol. The van der Waals surface area contributed by atoms with Crippen LogP contribution in [-0.4, -0.2) is 0 Å². The third-order valence-corrected chi connectivity index (χ3v) is 3.36. The van der Waals surface area contributed by atoms with E-state index in [1.54, 1.807) is 5.57 Å². The first kappa shape index (κ1) is 15.0. The Kier molecular flexibility index (Phi) is 6.78. The minimum Gasteiger partial charge on any atom is -0.0850 e. The van der Waals surface area contributed by atoms with Gasteiger partial charge in [-0.2, -0.15) is 0 Å². The number of rotatable bonds is 7. The monoisotopic (exact) mass is 244 g/mol. The summed E-state index contributed by atoms with van der Waals surface area (Å²) in [4.78, 5) is 0. The highest BCUT2D eigenvalue weighted by atomic mass is 14.2. The lowest BCUT2D eigenvalue weighted by Crippen LogP contribution is -2.07. The molecule has 0 N–H and O–H groups in total. The summed E-state index contributed by atoms with van der Waals surface area (Å²) in [6.45, 7) is 9.17. The fraction of sp³-hybridized carbons (Fsp3) is 0.556. The van der Waals surface area contributed by atoms with Gasteiger partial charge in [0.25, 0.3) is 0 Å². The molecule has 0 amide bonds. The van der Waals surface area contributed by atoms with Crippen LogP contribution in [0.15, 0.2) is 42.0 Å². The summed E-state index contributed by atoms with van der Waals surface area (Å²) in [5, 5.41) is 0. The quantitative estimate of drug-likeness (QED) is 0.520. The normalized spacial score (nSPS) is 13.9. The van der Waals surface area contributed by atoms with Gasteiger partial charge in [0, 0.05) is 5.92 Å². The van der Waals surface area contributed by atoms with Gasteiger partial charge in [-0.3, -0.25) is 0 Å². The van der Waals surface area contributed by atoms with E-state index < -0.39 is 0 Å². The van der Waals surface area contributed by atoms with Crippen molar-refractivity contribution in [3.8, 4) is 0 Å². The number of benzene rings is 1. The second kappa shape index (κ2) is 8.13. The Morgan fingerprint density at radius 2 is 1.78 bits per heavy atom. The minimum absolute atomic E-state index is 0.617. The van der Waals surface area contributed by atoms with E-state index in [-0.39, 0.29) is 0 Å². The van der Waals surface area contributed by atoms with E-state index in [0.717, 1.165) is 12.3 Å². The molecule has 0 aliphatic rings. The molecular weight excluding hydrogens is 216 g/mol. The van der Waals surface area contributed by atoms with Gasteiger partial charge in [-0.25, -0.2) is 0 Å². The maximum atomic E-state index is 2.45. The van der Waals surface area contributed by atoms with Crippen LogP contribution in [-0.2, 0) is 0 Å². The molecule has 0 bridgehead atoms. The summed E-state index contributed by atoms with van der Waals surface area (Å²) < 4.78 is 0. The molecule has 0 aliphatic carbocycles. The summed E-state index contributed by atoms with van der Waals surface area (Å²) in [5.41, 5.74) is 3.12. The van der Waals surface area contributed by atoms with Crippen LogP contribution < -0.4 is 0 Å². The van der Waals surface area contributed by atoms with Crippen LogP contribution in [0.3, 0.4) is 0 Å². The maximum Gasteiger partial charge on any atom is 0.00505 e. The van der Waals surface area contributed by atoms with Crippen molar-refractivity contribution in [3.05, 3.63) is 47.5 Å². The molecule has 1 aromatic rings. The summed E-state index contributed by atoms with van der Waals surface area (Å²) >= 11 is 0. The average molecular weight is 244 g/mol. The molecule has 1 rings (SSSR count). The van der Waals surface area contributed by atoms with E-state index in [0.29, 0.717) is 5.92 Å². The maximum absolute atomic E-state index is 2.45. The molecule has 0 fully saturated rings. The Bertz CT molecular complexity index is 346. The van der Waals surface area contributed by atoms with Crippen LogP contribution in [0.2, 0.25) is 0 Å². The summed E-state index contributed by atoms with van der Waals surface area (Å²) in [6.07, 6.45) is 7.34. The van der Waals surface area contributed by atoms with Gasteiger partial charge in [0.2, 0.25) is 0 Å². The van der Waals surface area contributed by atoms with Gasteiger partial charge in [0.05, 0.1) is 0 Å². The van der Waals surface area contributed by atoms with Crippen LogP contribution in [0.1, 0.15) is 64.9 Å². The number of hydrogen-bond acceptors (Lipinski definition) is 0. The van der Waals surface area contributed by atoms with Gasteiger partial charge < -0.3 is 0 Å². The van der Waals surface area contributed by atoms with Crippen LogP contribution >= 0.6 is 0 Å². The Morgan fingerprint density at radius 3 is 2.28 bits per heavy atom. The highest BCUT2D eigenvalue weighted by Gasteiger charge is 2.17. The molecule has 0 heterocycles. The van der Waals surface area contributed by atoms with Crippen LogP contribution in [0, 0.1) is 5.92 Å². The molecule has 1 aromatic carbocycles. The Labute approximate surface area is 113 Å². The first-order valence-corrected chi connectivity index (χ1v) is 7.42. The van der Waals surface area contributed by atoms with Crippen molar-refractivity contribution in [2.75, 3.05) is 0 Å². The van der Waals surface area contributed by atoms with Gasteiger partial charge in [-0.15, -0.1) is 0 Å². The molecule has 0 aliphatic heterocycles. The lowest BCUT2D eigenvalue weighted by Gasteiger charge is -2.23. The molecule has 18 heavy (non-hydrogen) atoms. The largest absolute Gasteiger partial charge is 0.0850 e. The van der Waals surface area contributed by atoms with Gasteiger partial charge in [0.15, 0.2) is 0 Å². The van der Waals surface area contributed by atoms with Gasteiger partial charge in [-0.1, -0.05) is 76.1 Å². The summed E-state index contributed by atoms with van der Waals surface area (Å²) in [6, 6.07) is 11.0. The van der Waals surface area contributed by atoms with Crippen molar-refractivity contribution in [2.45, 2.75) is 59.3 Å². The van der Waals surface area contributed by atoms with Crippen LogP contribution in [0.4, 0.5) is 0 Å². The van der Waals surface area contributed by atoms with Crippen molar-refractivity contribution in [1.29, 1.82) is 0 Å². The molecule has 0 nitrogen and oxygen atoms in total. The highest BCUT2D eigenvalue weighted by Crippen LogP contribution is 2.33.